The van der Waals surface area contributed by atoms with E-state index < -0.39 is 0 Å². The van der Waals surface area contributed by atoms with Crippen LogP contribution in [0.3, 0.4) is 0 Å². The third kappa shape index (κ3) is 4.91. The number of hydrogen-bond acceptors (Lipinski definition) is 3. The molecule has 0 bridgehead atoms. The van der Waals surface area contributed by atoms with E-state index in [1.54, 1.807) is 38.4 Å². The molecule has 0 aliphatic rings. The van der Waals surface area contributed by atoms with Crippen LogP contribution in [0.15, 0.2) is 48.5 Å². The van der Waals surface area contributed by atoms with Crippen molar-refractivity contribution in [2.45, 2.75) is 19.3 Å². The van der Waals surface area contributed by atoms with Crippen LogP contribution in [0.2, 0.25) is 0 Å². The van der Waals surface area contributed by atoms with Crippen molar-refractivity contribution in [3.05, 3.63) is 54.1 Å². The normalized spacial score (nSPS) is 10.2. The average molecular weight is 328 g/mol. The van der Waals surface area contributed by atoms with Crippen LogP contribution in [0.1, 0.15) is 18.4 Å². The second-order valence-corrected chi connectivity index (χ2v) is 5.58. The van der Waals surface area contributed by atoms with Gasteiger partial charge >= 0.3 is 6.03 Å². The number of urea groups is 1. The number of anilines is 1. The predicted molar refractivity (Wildman–Crippen MR) is 95.8 cm³/mol. The molecular formula is C19H24N2O3. The van der Waals surface area contributed by atoms with E-state index in [0.29, 0.717) is 12.2 Å². The molecule has 2 amide bonds. The van der Waals surface area contributed by atoms with E-state index in [0.717, 1.165) is 25.0 Å². The Hall–Kier alpha value is -2.69. The van der Waals surface area contributed by atoms with Crippen molar-refractivity contribution in [1.29, 1.82) is 0 Å². The summed E-state index contributed by atoms with van der Waals surface area (Å²) in [5, 5.41) is 12.6. The molecule has 0 saturated heterocycles. The van der Waals surface area contributed by atoms with Gasteiger partial charge < -0.3 is 15.2 Å². The van der Waals surface area contributed by atoms with Crippen LogP contribution in [-0.4, -0.2) is 31.8 Å². The zero-order chi connectivity index (χ0) is 17.4. The lowest BCUT2D eigenvalue weighted by atomic mass is 10.1. The molecule has 5 heteroatoms. The quantitative estimate of drug-likeness (QED) is 0.764. The number of carbonyl (C=O) groups is 1. The van der Waals surface area contributed by atoms with Crippen LogP contribution in [0.25, 0.3) is 0 Å². The number of ether oxygens (including phenoxy) is 1. The zero-order valence-corrected chi connectivity index (χ0v) is 14.2. The van der Waals surface area contributed by atoms with Crippen LogP contribution in [-0.2, 0) is 6.42 Å². The summed E-state index contributed by atoms with van der Waals surface area (Å²) in [5.74, 6) is 0.952. The van der Waals surface area contributed by atoms with Crippen molar-refractivity contribution in [3.8, 4) is 11.5 Å². The second kappa shape index (κ2) is 8.82. The fraction of sp³-hybridized carbons (Fsp3) is 0.316. The summed E-state index contributed by atoms with van der Waals surface area (Å²) in [7, 11) is 3.30. The molecule has 0 heterocycles. The topological polar surface area (TPSA) is 61.8 Å². The number of amides is 2. The molecule has 0 atom stereocenters. The summed E-state index contributed by atoms with van der Waals surface area (Å²) in [6.45, 7) is 0.604. The number of benzene rings is 2. The molecule has 24 heavy (non-hydrogen) atoms. The molecule has 0 spiro atoms. The fourth-order valence-corrected chi connectivity index (χ4v) is 2.42. The van der Waals surface area contributed by atoms with Crippen molar-refractivity contribution < 1.29 is 14.6 Å². The predicted octanol–water partition coefficient (Wildman–Crippen LogP) is 3.57. The maximum absolute atomic E-state index is 12.1. The number of nitrogens with zero attached hydrogens (tertiary/aromatic N) is 1. The Morgan fingerprint density at radius 2 is 1.83 bits per heavy atom. The molecule has 0 radical (unpaired) electrons. The van der Waals surface area contributed by atoms with Crippen LogP contribution in [0, 0.1) is 0 Å². The van der Waals surface area contributed by atoms with Gasteiger partial charge in [-0.1, -0.05) is 24.3 Å². The lowest BCUT2D eigenvalue weighted by Crippen LogP contribution is -2.37. The smallest absolute Gasteiger partial charge is 0.321 e. The Bertz CT molecular complexity index is 656. The van der Waals surface area contributed by atoms with E-state index in [-0.39, 0.29) is 11.8 Å². The number of unbranched alkanes of at least 4 members (excludes halogenated alkanes) is 1. The molecule has 0 aliphatic heterocycles. The first-order chi connectivity index (χ1) is 11.6. The van der Waals surface area contributed by atoms with Crippen molar-refractivity contribution >= 4 is 11.7 Å². The van der Waals surface area contributed by atoms with E-state index >= 15 is 0 Å². The number of nitrogens with one attached hydrogen (secondary N) is 1. The van der Waals surface area contributed by atoms with Crippen LogP contribution >= 0.6 is 0 Å². The highest BCUT2D eigenvalue weighted by molar-refractivity contribution is 5.92. The lowest BCUT2D eigenvalue weighted by Gasteiger charge is -2.19. The van der Waals surface area contributed by atoms with Gasteiger partial charge in [0.2, 0.25) is 0 Å². The Balaban J connectivity index is 1.70. The number of rotatable bonds is 7. The van der Waals surface area contributed by atoms with Gasteiger partial charge in [-0.3, -0.25) is 4.90 Å². The second-order valence-electron chi connectivity index (χ2n) is 5.58. The van der Waals surface area contributed by atoms with Gasteiger partial charge in [0.05, 0.1) is 12.8 Å². The Labute approximate surface area is 142 Å². The van der Waals surface area contributed by atoms with Gasteiger partial charge in [0, 0.05) is 13.6 Å². The highest BCUT2D eigenvalue weighted by atomic mass is 16.5. The van der Waals surface area contributed by atoms with Crippen LogP contribution in [0.4, 0.5) is 10.5 Å². The summed E-state index contributed by atoms with van der Waals surface area (Å²) in [6, 6.07) is 14.6. The molecule has 0 fully saturated rings. The summed E-state index contributed by atoms with van der Waals surface area (Å²) in [6.07, 6.45) is 2.86. The fourth-order valence-electron chi connectivity index (χ4n) is 2.42. The number of carbonyl (C=O) groups excluding carboxylic acids is 1. The number of para-hydroxylation sites is 2. The highest BCUT2D eigenvalue weighted by Gasteiger charge is 2.12. The molecule has 2 N–H and O–H groups in total. The molecule has 5 nitrogen and oxygen atoms in total. The minimum atomic E-state index is -0.221. The molecule has 0 aliphatic carbocycles. The monoisotopic (exact) mass is 328 g/mol. The van der Waals surface area contributed by atoms with E-state index in [1.807, 2.05) is 12.1 Å². The highest BCUT2D eigenvalue weighted by Crippen LogP contribution is 2.25. The molecule has 0 unspecified atom stereocenters. The molecule has 2 aromatic rings. The zero-order valence-electron chi connectivity index (χ0n) is 14.2. The number of phenols is 1. The molecule has 2 rings (SSSR count). The Morgan fingerprint density at radius 1 is 1.12 bits per heavy atom. The van der Waals surface area contributed by atoms with Gasteiger partial charge in [0.25, 0.3) is 0 Å². The van der Waals surface area contributed by atoms with Gasteiger partial charge in [-0.05, 0) is 49.1 Å². The number of aryl methyl sites for hydroxylation is 1. The van der Waals surface area contributed by atoms with Crippen LogP contribution in [0.5, 0.6) is 11.5 Å². The van der Waals surface area contributed by atoms with E-state index in [2.05, 4.69) is 17.4 Å². The molecular weight excluding hydrogens is 304 g/mol. The molecule has 128 valence electrons. The minimum Gasteiger partial charge on any atom is -0.506 e. The number of hydrogen-bond donors (Lipinski definition) is 2. The summed E-state index contributed by atoms with van der Waals surface area (Å²) < 4.78 is 5.14. The molecule has 0 saturated carbocycles. The van der Waals surface area contributed by atoms with E-state index in [9.17, 15) is 9.90 Å². The van der Waals surface area contributed by atoms with Crippen molar-refractivity contribution in [3.63, 3.8) is 0 Å². The van der Waals surface area contributed by atoms with Gasteiger partial charge in [-0.25, -0.2) is 4.79 Å². The maximum atomic E-state index is 12.1. The summed E-state index contributed by atoms with van der Waals surface area (Å²) in [4.78, 5) is 13.5. The first-order valence-corrected chi connectivity index (χ1v) is 8.04. The van der Waals surface area contributed by atoms with E-state index in [1.165, 1.54) is 10.5 Å². The summed E-state index contributed by atoms with van der Waals surface area (Å²) in [5.41, 5.74) is 1.75. The van der Waals surface area contributed by atoms with Gasteiger partial charge in [-0.2, -0.15) is 0 Å². The first kappa shape index (κ1) is 17.7. The van der Waals surface area contributed by atoms with Crippen molar-refractivity contribution in [1.82, 2.24) is 5.32 Å². The number of methoxy groups -OCH3 is 1. The van der Waals surface area contributed by atoms with Crippen LogP contribution < -0.4 is 15.0 Å². The van der Waals surface area contributed by atoms with Crippen molar-refractivity contribution in [2.75, 3.05) is 25.6 Å². The van der Waals surface area contributed by atoms with Gasteiger partial charge in [-0.15, -0.1) is 0 Å². The number of phenolic OH excluding ortho intramolecular Hbond substituents is 1. The largest absolute Gasteiger partial charge is 0.506 e. The first-order valence-electron chi connectivity index (χ1n) is 8.04. The Morgan fingerprint density at radius 3 is 2.50 bits per heavy atom. The summed E-state index contributed by atoms with van der Waals surface area (Å²) >= 11 is 0. The molecule has 0 aromatic heterocycles. The standard InChI is InChI=1S/C19H24N2O3/c1-21(17-8-3-4-9-18(17)22)19(23)20-14-6-5-7-15-10-12-16(24-2)13-11-15/h3-4,8-13,22H,5-7,14H2,1-2H3,(H,20,23). The van der Waals surface area contributed by atoms with Gasteiger partial charge in [0.1, 0.15) is 11.5 Å². The third-order valence-corrected chi connectivity index (χ3v) is 3.88. The molecule has 2 aromatic carbocycles. The van der Waals surface area contributed by atoms with Gasteiger partial charge in [0.15, 0.2) is 0 Å². The third-order valence-electron chi connectivity index (χ3n) is 3.88. The number of aromatic hydroxyl groups is 1. The SMILES string of the molecule is COc1ccc(CCCCNC(=O)N(C)c2ccccc2O)cc1. The van der Waals surface area contributed by atoms with E-state index in [4.69, 9.17) is 4.74 Å². The minimum absolute atomic E-state index is 0.0923. The maximum Gasteiger partial charge on any atom is 0.321 e. The lowest BCUT2D eigenvalue weighted by molar-refractivity contribution is 0.247. The van der Waals surface area contributed by atoms with Crippen molar-refractivity contribution in [2.24, 2.45) is 0 Å². The Kier molecular flexibility index (Phi) is 6.49. The average Bonchev–Trinajstić information content (AvgIpc) is 2.61.